The van der Waals surface area contributed by atoms with Crippen LogP contribution in [0, 0.1) is 11.3 Å². The number of nitrogens with zero attached hydrogens (tertiary/aromatic N) is 3. The summed E-state index contributed by atoms with van der Waals surface area (Å²) < 4.78 is 6.93. The van der Waals surface area contributed by atoms with Gasteiger partial charge in [0.05, 0.1) is 7.11 Å². The van der Waals surface area contributed by atoms with E-state index in [-0.39, 0.29) is 22.2 Å². The number of halogens is 1. The average molecular weight is 485 g/mol. The molecule has 1 fully saturated rings. The van der Waals surface area contributed by atoms with Gasteiger partial charge in [0.15, 0.2) is 0 Å². The van der Waals surface area contributed by atoms with Gasteiger partial charge < -0.3 is 10.1 Å². The van der Waals surface area contributed by atoms with Crippen molar-refractivity contribution in [3.63, 3.8) is 0 Å². The predicted molar refractivity (Wildman–Crippen MR) is 123 cm³/mol. The van der Waals surface area contributed by atoms with Gasteiger partial charge in [0.2, 0.25) is 5.91 Å². The zero-order chi connectivity index (χ0) is 23.7. The Labute approximate surface area is 196 Å². The first-order chi connectivity index (χ1) is 15.8. The van der Waals surface area contributed by atoms with Gasteiger partial charge in [-0.3, -0.25) is 14.2 Å². The Morgan fingerprint density at radius 1 is 1.27 bits per heavy atom. The number of anilines is 1. The van der Waals surface area contributed by atoms with Gasteiger partial charge in [0, 0.05) is 33.8 Å². The van der Waals surface area contributed by atoms with Crippen molar-refractivity contribution >= 4 is 39.8 Å². The van der Waals surface area contributed by atoms with E-state index >= 15 is 0 Å². The van der Waals surface area contributed by atoms with Crippen LogP contribution in [0.4, 0.5) is 5.00 Å². The Balaban J connectivity index is 1.68. The van der Waals surface area contributed by atoms with E-state index in [2.05, 4.69) is 5.32 Å². The molecule has 1 aliphatic carbocycles. The molecule has 33 heavy (non-hydrogen) atoms. The molecule has 2 aromatic heterocycles. The predicted octanol–water partition coefficient (Wildman–Crippen LogP) is 3.02. The van der Waals surface area contributed by atoms with E-state index in [0.717, 1.165) is 28.7 Å². The number of esters is 1. The first-order valence-electron chi connectivity index (χ1n) is 9.86. The minimum absolute atomic E-state index is 0.0825. The molecule has 1 aromatic carbocycles. The molecule has 0 aliphatic heterocycles. The van der Waals surface area contributed by atoms with E-state index < -0.39 is 29.7 Å². The summed E-state index contributed by atoms with van der Waals surface area (Å²) in [5.74, 6) is -1.38. The van der Waals surface area contributed by atoms with Gasteiger partial charge >= 0.3 is 11.7 Å². The number of thiophene rings is 1. The van der Waals surface area contributed by atoms with Crippen molar-refractivity contribution in [3.05, 3.63) is 72.8 Å². The highest BCUT2D eigenvalue weighted by molar-refractivity contribution is 7.15. The molecule has 4 rings (SSSR count). The molecule has 0 radical (unpaired) electrons. The van der Waals surface area contributed by atoms with Gasteiger partial charge in [-0.1, -0.05) is 29.8 Å². The van der Waals surface area contributed by atoms with Crippen molar-refractivity contribution in [1.29, 1.82) is 5.26 Å². The molecule has 168 valence electrons. The fourth-order valence-electron chi connectivity index (χ4n) is 3.39. The number of carbonyl (C=O) groups is 2. The van der Waals surface area contributed by atoms with E-state index in [1.165, 1.54) is 17.9 Å². The molecule has 0 spiro atoms. The lowest BCUT2D eigenvalue weighted by molar-refractivity contribution is -0.116. The van der Waals surface area contributed by atoms with Crippen molar-refractivity contribution in [3.8, 4) is 17.2 Å². The molecule has 1 N–H and O–H groups in total. The Bertz CT molecular complexity index is 1430. The van der Waals surface area contributed by atoms with Crippen LogP contribution in [0.2, 0.25) is 5.02 Å². The third-order valence-corrected chi connectivity index (χ3v) is 6.38. The SMILES string of the molecule is COC(=O)c1c(-c2ccccc2Cl)csc1NC(=O)Cn1c(=O)c(C#N)cn(C2CC2)c1=O. The molecule has 3 aromatic rings. The second kappa shape index (κ2) is 9.05. The Morgan fingerprint density at radius 2 is 2.00 bits per heavy atom. The van der Waals surface area contributed by atoms with Gasteiger partial charge in [-0.05, 0) is 18.9 Å². The number of rotatable bonds is 6. The minimum atomic E-state index is -0.842. The summed E-state index contributed by atoms with van der Waals surface area (Å²) in [4.78, 5) is 50.5. The topological polar surface area (TPSA) is 123 Å². The summed E-state index contributed by atoms with van der Waals surface area (Å²) in [6.45, 7) is -0.611. The van der Waals surface area contributed by atoms with Crippen molar-refractivity contribution in [2.75, 3.05) is 12.4 Å². The summed E-state index contributed by atoms with van der Waals surface area (Å²) in [6, 6.07) is 8.61. The van der Waals surface area contributed by atoms with E-state index in [1.807, 2.05) is 0 Å². The monoisotopic (exact) mass is 484 g/mol. The highest BCUT2D eigenvalue weighted by Gasteiger charge is 2.28. The van der Waals surface area contributed by atoms with Crippen LogP contribution in [-0.4, -0.2) is 28.1 Å². The van der Waals surface area contributed by atoms with Gasteiger partial charge in [-0.25, -0.2) is 14.2 Å². The Hall–Kier alpha value is -3.68. The second-order valence-corrected chi connectivity index (χ2v) is 8.63. The molecule has 11 heteroatoms. The quantitative estimate of drug-likeness (QED) is 0.536. The summed E-state index contributed by atoms with van der Waals surface area (Å²) in [5, 5.41) is 14.1. The fraction of sp³-hybridized carbons (Fsp3) is 0.227. The lowest BCUT2D eigenvalue weighted by Gasteiger charge is -2.11. The van der Waals surface area contributed by atoms with Crippen molar-refractivity contribution < 1.29 is 14.3 Å². The molecule has 0 unspecified atom stereocenters. The first-order valence-corrected chi connectivity index (χ1v) is 11.1. The van der Waals surface area contributed by atoms with E-state index in [9.17, 15) is 24.4 Å². The number of hydrogen-bond acceptors (Lipinski definition) is 7. The average Bonchev–Trinajstić information content (AvgIpc) is 3.57. The summed E-state index contributed by atoms with van der Waals surface area (Å²) in [7, 11) is 1.22. The largest absolute Gasteiger partial charge is 0.465 e. The summed E-state index contributed by atoms with van der Waals surface area (Å²) in [5.41, 5.74) is -0.549. The number of ether oxygens (including phenoxy) is 1. The number of nitriles is 1. The zero-order valence-corrected chi connectivity index (χ0v) is 18.9. The third kappa shape index (κ3) is 4.33. The third-order valence-electron chi connectivity index (χ3n) is 5.16. The van der Waals surface area contributed by atoms with Crippen LogP contribution < -0.4 is 16.6 Å². The molecule has 1 aliphatic rings. The Kier molecular flexibility index (Phi) is 6.18. The van der Waals surface area contributed by atoms with Crippen LogP contribution in [0.15, 0.2) is 45.4 Å². The standard InChI is InChI=1S/C22H17ClN4O5S/c1-32-21(30)18-15(14-4-2-3-5-16(14)23)11-33-19(18)25-17(28)10-27-20(29)12(8-24)9-26(22(27)31)13-6-7-13/h2-5,9,11,13H,6-7,10H2,1H3,(H,25,28). The van der Waals surface area contributed by atoms with Crippen LogP contribution in [0.1, 0.15) is 34.8 Å². The molecule has 1 saturated carbocycles. The summed E-state index contributed by atoms with van der Waals surface area (Å²) in [6.07, 6.45) is 2.76. The number of amides is 1. The number of methoxy groups -OCH3 is 1. The lowest BCUT2D eigenvalue weighted by Crippen LogP contribution is -2.43. The van der Waals surface area contributed by atoms with Crippen molar-refractivity contribution in [2.24, 2.45) is 0 Å². The maximum Gasteiger partial charge on any atom is 0.341 e. The first kappa shape index (κ1) is 22.5. The van der Waals surface area contributed by atoms with Crippen molar-refractivity contribution in [2.45, 2.75) is 25.4 Å². The molecule has 0 saturated heterocycles. The van der Waals surface area contributed by atoms with Crippen LogP contribution in [0.5, 0.6) is 0 Å². The molecular weight excluding hydrogens is 468 g/mol. The number of carbonyl (C=O) groups excluding carboxylic acids is 2. The van der Waals surface area contributed by atoms with E-state index in [4.69, 9.17) is 16.3 Å². The molecular formula is C22H17ClN4O5S. The van der Waals surface area contributed by atoms with Crippen LogP contribution >= 0.6 is 22.9 Å². The number of benzene rings is 1. The van der Waals surface area contributed by atoms with Gasteiger partial charge in [0.25, 0.3) is 5.56 Å². The highest BCUT2D eigenvalue weighted by atomic mass is 35.5. The van der Waals surface area contributed by atoms with Gasteiger partial charge in [0.1, 0.15) is 28.7 Å². The molecule has 1 amide bonds. The number of nitrogens with one attached hydrogen (secondary N) is 1. The van der Waals surface area contributed by atoms with E-state index in [0.29, 0.717) is 16.1 Å². The minimum Gasteiger partial charge on any atom is -0.465 e. The van der Waals surface area contributed by atoms with Crippen molar-refractivity contribution in [1.82, 2.24) is 9.13 Å². The highest BCUT2D eigenvalue weighted by Crippen LogP contribution is 2.39. The fourth-order valence-corrected chi connectivity index (χ4v) is 4.60. The summed E-state index contributed by atoms with van der Waals surface area (Å²) >= 11 is 7.36. The Morgan fingerprint density at radius 3 is 2.64 bits per heavy atom. The number of aromatic nitrogens is 2. The number of hydrogen-bond donors (Lipinski definition) is 1. The van der Waals surface area contributed by atoms with Crippen LogP contribution in [-0.2, 0) is 16.1 Å². The normalized spacial score (nSPS) is 12.8. The van der Waals surface area contributed by atoms with Gasteiger partial charge in [-0.2, -0.15) is 5.26 Å². The lowest BCUT2D eigenvalue weighted by atomic mass is 10.0. The van der Waals surface area contributed by atoms with E-state index in [1.54, 1.807) is 35.7 Å². The molecule has 2 heterocycles. The molecule has 0 atom stereocenters. The molecule has 0 bridgehead atoms. The van der Waals surface area contributed by atoms with Crippen LogP contribution in [0.25, 0.3) is 11.1 Å². The molecule has 9 nitrogen and oxygen atoms in total. The van der Waals surface area contributed by atoms with Gasteiger partial charge in [-0.15, -0.1) is 11.3 Å². The van der Waals surface area contributed by atoms with Crippen LogP contribution in [0.3, 0.4) is 0 Å². The zero-order valence-electron chi connectivity index (χ0n) is 17.3. The maximum atomic E-state index is 12.8. The smallest absolute Gasteiger partial charge is 0.341 e. The second-order valence-electron chi connectivity index (χ2n) is 7.34. The maximum absolute atomic E-state index is 12.8.